The molecule has 1 aromatic carbocycles. The highest BCUT2D eigenvalue weighted by Gasteiger charge is 2.52. The Hall–Kier alpha value is -2.64. The minimum Gasteiger partial charge on any atom is -0.566 e. The molecule has 10 heteroatoms. The molecule has 0 radical (unpaired) electrons. The Balaban J connectivity index is 1.78. The zero-order valence-corrected chi connectivity index (χ0v) is 17.3. The third kappa shape index (κ3) is 2.65. The maximum atomic E-state index is 13.2. The van der Waals surface area contributed by atoms with Crippen molar-refractivity contribution >= 4 is 36.7 Å². The summed E-state index contributed by atoms with van der Waals surface area (Å²) in [5.41, 5.74) is 0.803. The zero-order chi connectivity index (χ0) is 21.2. The van der Waals surface area contributed by atoms with E-state index in [1.807, 2.05) is 6.07 Å². The minimum absolute atomic E-state index is 0.0124. The van der Waals surface area contributed by atoms with Crippen molar-refractivity contribution in [2.45, 2.75) is 32.1 Å². The summed E-state index contributed by atoms with van der Waals surface area (Å²) >= 11 is 6.08. The third-order valence-corrected chi connectivity index (χ3v) is 6.36. The van der Waals surface area contributed by atoms with Crippen molar-refractivity contribution in [1.82, 2.24) is 9.55 Å². The van der Waals surface area contributed by atoms with Crippen molar-refractivity contribution < 1.29 is 23.5 Å². The quantitative estimate of drug-likeness (QED) is 0.353. The highest BCUT2D eigenvalue weighted by atomic mass is 35.5. The molecule has 4 heterocycles. The smallest absolute Gasteiger partial charge is 0.490 e. The number of aromatic nitrogens is 2. The highest BCUT2D eigenvalue weighted by Crippen LogP contribution is 2.43. The summed E-state index contributed by atoms with van der Waals surface area (Å²) in [5, 5.41) is 1.43. The van der Waals surface area contributed by atoms with E-state index in [0.717, 1.165) is 10.9 Å². The van der Waals surface area contributed by atoms with Gasteiger partial charge < -0.3 is 14.2 Å². The number of ether oxygens (including phenoxy) is 1. The first-order chi connectivity index (χ1) is 14.3. The molecule has 0 spiro atoms. The third-order valence-electron chi connectivity index (χ3n) is 5.67. The van der Waals surface area contributed by atoms with Gasteiger partial charge in [0.05, 0.1) is 29.0 Å². The molecule has 30 heavy (non-hydrogen) atoms. The van der Waals surface area contributed by atoms with Crippen molar-refractivity contribution in [3.05, 3.63) is 62.4 Å². The van der Waals surface area contributed by atoms with Crippen LogP contribution in [-0.4, -0.2) is 15.5 Å². The molecule has 0 saturated carbocycles. The Labute approximate surface area is 176 Å². The number of hydrogen-bond donors (Lipinski definition) is 0. The number of benzene rings is 1. The number of hydrogen-bond acceptors (Lipinski definition) is 7. The van der Waals surface area contributed by atoms with E-state index in [1.54, 1.807) is 35.8 Å². The molecule has 3 aromatic rings. The molecule has 5 rings (SSSR count). The van der Waals surface area contributed by atoms with Gasteiger partial charge in [0.15, 0.2) is 0 Å². The lowest BCUT2D eigenvalue weighted by atomic mass is 9.86. The first-order valence-corrected chi connectivity index (χ1v) is 10.7. The number of carbonyl (C=O) groups is 1. The van der Waals surface area contributed by atoms with E-state index in [1.165, 1.54) is 0 Å². The molecule has 0 N–H and O–H groups in total. The summed E-state index contributed by atoms with van der Waals surface area (Å²) in [7, 11) is -3.36. The Morgan fingerprint density at radius 3 is 2.87 bits per heavy atom. The van der Waals surface area contributed by atoms with Crippen molar-refractivity contribution in [3.63, 3.8) is 0 Å². The second-order valence-electron chi connectivity index (χ2n) is 7.22. The number of carbonyl (C=O) groups excluding carboxylic acids is 1. The maximum absolute atomic E-state index is 13.2. The van der Waals surface area contributed by atoms with Gasteiger partial charge in [0, 0.05) is 21.5 Å². The SMILES string of the molecule is CC[C@@]1(O[P+](=O)[O-])C(=O)OCc2c1cc1n(c2=O)Cc2cc3cc(Cl)ccc3nc2-1. The van der Waals surface area contributed by atoms with Crippen LogP contribution in [0.1, 0.15) is 30.0 Å². The molecular formula is C20H14ClN2O6P. The van der Waals surface area contributed by atoms with Gasteiger partial charge in [0.2, 0.25) is 5.60 Å². The molecule has 0 amide bonds. The van der Waals surface area contributed by atoms with Crippen LogP contribution in [-0.2, 0) is 37.4 Å². The highest BCUT2D eigenvalue weighted by molar-refractivity contribution is 7.30. The van der Waals surface area contributed by atoms with Gasteiger partial charge in [-0.3, -0.25) is 4.79 Å². The van der Waals surface area contributed by atoms with Crippen LogP contribution < -0.4 is 10.5 Å². The molecule has 0 saturated heterocycles. The number of halogens is 1. The number of cyclic esters (lactones) is 1. The van der Waals surface area contributed by atoms with Gasteiger partial charge in [-0.15, -0.1) is 4.52 Å². The van der Waals surface area contributed by atoms with E-state index in [-0.39, 0.29) is 29.7 Å². The Kier molecular flexibility index (Phi) is 4.31. The second kappa shape index (κ2) is 6.68. The fraction of sp³-hybridized carbons (Fsp3) is 0.250. The monoisotopic (exact) mass is 444 g/mol. The molecule has 0 aliphatic carbocycles. The summed E-state index contributed by atoms with van der Waals surface area (Å²) in [6.45, 7) is 1.66. The molecule has 2 aliphatic heterocycles. The molecule has 152 valence electrons. The summed E-state index contributed by atoms with van der Waals surface area (Å²) in [6, 6.07) is 8.87. The largest absolute Gasteiger partial charge is 0.566 e. The average molecular weight is 445 g/mol. The van der Waals surface area contributed by atoms with Crippen molar-refractivity contribution in [1.29, 1.82) is 0 Å². The number of nitrogens with zero attached hydrogens (tertiary/aromatic N) is 2. The van der Waals surface area contributed by atoms with Gasteiger partial charge in [-0.05, 0) is 41.3 Å². The topological polar surface area (TPSA) is 111 Å². The minimum atomic E-state index is -3.36. The van der Waals surface area contributed by atoms with Crippen LogP contribution in [0.4, 0.5) is 0 Å². The van der Waals surface area contributed by atoms with Crippen LogP contribution in [0.3, 0.4) is 0 Å². The van der Waals surface area contributed by atoms with Crippen molar-refractivity contribution in [2.24, 2.45) is 0 Å². The summed E-state index contributed by atoms with van der Waals surface area (Å²) in [5.74, 6) is -0.833. The summed E-state index contributed by atoms with van der Waals surface area (Å²) in [4.78, 5) is 41.9. The predicted octanol–water partition coefficient (Wildman–Crippen LogP) is 2.78. The van der Waals surface area contributed by atoms with E-state index >= 15 is 0 Å². The Morgan fingerprint density at radius 2 is 2.13 bits per heavy atom. The summed E-state index contributed by atoms with van der Waals surface area (Å²) < 4.78 is 23.1. The van der Waals surface area contributed by atoms with Crippen LogP contribution in [0.2, 0.25) is 5.02 Å². The van der Waals surface area contributed by atoms with E-state index < -0.39 is 19.8 Å². The Bertz CT molecular complexity index is 1340. The van der Waals surface area contributed by atoms with E-state index in [9.17, 15) is 19.0 Å². The molecule has 2 aromatic heterocycles. The number of esters is 1. The lowest BCUT2D eigenvalue weighted by Gasteiger charge is -2.31. The van der Waals surface area contributed by atoms with E-state index in [2.05, 4.69) is 4.98 Å². The molecule has 2 atom stereocenters. The molecule has 2 aliphatic rings. The van der Waals surface area contributed by atoms with Gasteiger partial charge in [-0.2, -0.15) is 0 Å². The van der Waals surface area contributed by atoms with Gasteiger partial charge >= 0.3 is 14.2 Å². The lowest BCUT2D eigenvalue weighted by molar-refractivity contribution is -0.207. The maximum Gasteiger partial charge on any atom is 0.490 e. The van der Waals surface area contributed by atoms with Gasteiger partial charge in [-0.1, -0.05) is 18.5 Å². The number of fused-ring (bicyclic) bond motifs is 5. The zero-order valence-electron chi connectivity index (χ0n) is 15.7. The predicted molar refractivity (Wildman–Crippen MR) is 106 cm³/mol. The average Bonchev–Trinajstić information content (AvgIpc) is 3.06. The molecule has 8 nitrogen and oxygen atoms in total. The normalized spacial score (nSPS) is 19.8. The fourth-order valence-electron chi connectivity index (χ4n) is 4.22. The Morgan fingerprint density at radius 1 is 1.33 bits per heavy atom. The van der Waals surface area contributed by atoms with Crippen LogP contribution in [0, 0.1) is 0 Å². The first kappa shape index (κ1) is 19.3. The molecule has 0 bridgehead atoms. The second-order valence-corrected chi connectivity index (χ2v) is 8.28. The summed E-state index contributed by atoms with van der Waals surface area (Å²) in [6.07, 6.45) is -0.0124. The van der Waals surface area contributed by atoms with Gasteiger partial charge in [0.1, 0.15) is 6.61 Å². The molecule has 0 fully saturated rings. The van der Waals surface area contributed by atoms with Gasteiger partial charge in [0.25, 0.3) is 5.56 Å². The molecular weight excluding hydrogens is 431 g/mol. The van der Waals surface area contributed by atoms with Gasteiger partial charge in [-0.25, -0.2) is 9.78 Å². The van der Waals surface area contributed by atoms with Crippen LogP contribution in [0.15, 0.2) is 35.1 Å². The van der Waals surface area contributed by atoms with E-state index in [4.69, 9.17) is 20.9 Å². The van der Waals surface area contributed by atoms with Crippen molar-refractivity contribution in [3.8, 4) is 11.4 Å². The van der Waals surface area contributed by atoms with Crippen molar-refractivity contribution in [2.75, 3.05) is 0 Å². The molecule has 1 unspecified atom stereocenters. The van der Waals surface area contributed by atoms with Crippen LogP contribution >= 0.6 is 19.9 Å². The standard InChI is InChI=1S/C20H14ClN2O6P/c1-2-20(29-30(26)27)14-7-16-17-11(5-10-6-12(21)3-4-15(10)22-17)8-23(16)18(24)13(14)9-28-19(20)25/h3-7H,2,8-9H2,1H3/t20-/m0/s1. The fourth-order valence-corrected chi connectivity index (χ4v) is 4.96. The number of pyridine rings is 2. The van der Waals surface area contributed by atoms with E-state index in [0.29, 0.717) is 28.5 Å². The first-order valence-electron chi connectivity index (χ1n) is 9.21. The number of rotatable bonds is 3. The van der Waals surface area contributed by atoms with Crippen LogP contribution in [0.25, 0.3) is 22.3 Å². The lowest BCUT2D eigenvalue weighted by Crippen LogP contribution is -2.45. The van der Waals surface area contributed by atoms with Crippen LogP contribution in [0.5, 0.6) is 0 Å².